The molecule has 0 radical (unpaired) electrons. The second kappa shape index (κ2) is 13.0. The maximum atomic E-state index is 2.37. The summed E-state index contributed by atoms with van der Waals surface area (Å²) in [6.07, 6.45) is 31.5. The highest BCUT2D eigenvalue weighted by molar-refractivity contribution is 5.37. The Bertz CT molecular complexity index is 793. The van der Waals surface area contributed by atoms with Crippen LogP contribution < -0.4 is 0 Å². The lowest BCUT2D eigenvalue weighted by atomic mass is 9.72. The van der Waals surface area contributed by atoms with Gasteiger partial charge in [-0.2, -0.15) is 0 Å². The molecule has 0 amide bonds. The molecule has 29 heavy (non-hydrogen) atoms. The fourth-order valence-electron chi connectivity index (χ4n) is 3.48. The van der Waals surface area contributed by atoms with Crippen molar-refractivity contribution in [2.24, 2.45) is 5.41 Å². The minimum atomic E-state index is 0.301. The Kier molecular flexibility index (Phi) is 11.1. The second-order valence-electron chi connectivity index (χ2n) is 8.63. The normalized spacial score (nSPS) is 19.9. The fraction of sp³-hybridized carbons (Fsp3) is 0.379. The Hall–Kier alpha value is -2.34. The van der Waals surface area contributed by atoms with E-state index in [-0.39, 0.29) is 0 Å². The van der Waals surface area contributed by atoms with Crippen molar-refractivity contribution < 1.29 is 0 Å². The van der Waals surface area contributed by atoms with Crippen molar-refractivity contribution in [3.8, 4) is 0 Å². The molecule has 0 aromatic carbocycles. The van der Waals surface area contributed by atoms with Gasteiger partial charge < -0.3 is 0 Å². The van der Waals surface area contributed by atoms with Gasteiger partial charge in [0.05, 0.1) is 0 Å². The van der Waals surface area contributed by atoms with Crippen molar-refractivity contribution in [1.29, 1.82) is 0 Å². The summed E-state index contributed by atoms with van der Waals surface area (Å²) < 4.78 is 0. The Morgan fingerprint density at radius 2 is 1.31 bits per heavy atom. The molecule has 0 aromatic heterocycles. The summed E-state index contributed by atoms with van der Waals surface area (Å²) >= 11 is 0. The zero-order chi connectivity index (χ0) is 21.7. The van der Waals surface area contributed by atoms with Gasteiger partial charge in [-0.05, 0) is 64.9 Å². The number of allylic oxidation sites excluding steroid dienone is 18. The van der Waals surface area contributed by atoms with Crippen LogP contribution in [0.2, 0.25) is 0 Å². The summed E-state index contributed by atoms with van der Waals surface area (Å²) in [5, 5.41) is 0. The molecule has 0 nitrogen and oxygen atoms in total. The number of hydrogen-bond donors (Lipinski definition) is 0. The van der Waals surface area contributed by atoms with Gasteiger partial charge in [-0.3, -0.25) is 0 Å². The molecule has 0 aromatic rings. The van der Waals surface area contributed by atoms with Gasteiger partial charge in [0.25, 0.3) is 0 Å². The molecule has 0 heteroatoms. The van der Waals surface area contributed by atoms with Crippen LogP contribution in [0.1, 0.15) is 67.7 Å². The molecule has 0 bridgehead atoms. The first kappa shape index (κ1) is 24.7. The Labute approximate surface area is 180 Å². The minimum absolute atomic E-state index is 0.301. The van der Waals surface area contributed by atoms with Gasteiger partial charge >= 0.3 is 0 Å². The third kappa shape index (κ3) is 10.1. The summed E-state index contributed by atoms with van der Waals surface area (Å²) in [6, 6.07) is 0. The van der Waals surface area contributed by atoms with Gasteiger partial charge in [0.1, 0.15) is 0 Å². The van der Waals surface area contributed by atoms with E-state index in [9.17, 15) is 0 Å². The molecule has 0 aliphatic heterocycles. The van der Waals surface area contributed by atoms with Crippen LogP contribution in [0.25, 0.3) is 0 Å². The zero-order valence-electron chi connectivity index (χ0n) is 19.6. The first-order chi connectivity index (χ1) is 13.8. The predicted octanol–water partition coefficient (Wildman–Crippen LogP) is 9.15. The molecular formula is C29H40. The number of rotatable bonds is 8. The molecular weight excluding hydrogens is 348 g/mol. The zero-order valence-corrected chi connectivity index (χ0v) is 19.6. The van der Waals surface area contributed by atoms with E-state index in [0.717, 1.165) is 0 Å². The molecule has 0 heterocycles. The van der Waals surface area contributed by atoms with E-state index in [2.05, 4.69) is 108 Å². The van der Waals surface area contributed by atoms with Crippen molar-refractivity contribution in [3.05, 3.63) is 107 Å². The van der Waals surface area contributed by atoms with E-state index in [1.807, 2.05) is 19.1 Å². The summed E-state index contributed by atoms with van der Waals surface area (Å²) in [7, 11) is 0. The van der Waals surface area contributed by atoms with Gasteiger partial charge in [-0.15, -0.1) is 0 Å². The minimum Gasteiger partial charge on any atom is -0.0877 e. The molecule has 156 valence electrons. The molecule has 1 aliphatic rings. The lowest BCUT2D eigenvalue weighted by molar-refractivity contribution is 0.377. The molecule has 0 unspecified atom stereocenters. The maximum absolute atomic E-state index is 2.37. The van der Waals surface area contributed by atoms with Gasteiger partial charge in [0.15, 0.2) is 0 Å². The average Bonchev–Trinajstić information content (AvgIpc) is 2.64. The summed E-state index contributed by atoms with van der Waals surface area (Å²) in [6.45, 7) is 15.4. The van der Waals surface area contributed by atoms with Crippen molar-refractivity contribution in [1.82, 2.24) is 0 Å². The Balaban J connectivity index is 2.66. The van der Waals surface area contributed by atoms with E-state index < -0.39 is 0 Å². The summed E-state index contributed by atoms with van der Waals surface area (Å²) in [5.41, 5.74) is 7.11. The molecule has 0 atom stereocenters. The van der Waals surface area contributed by atoms with E-state index in [0.29, 0.717) is 5.41 Å². The van der Waals surface area contributed by atoms with E-state index in [1.165, 1.54) is 41.6 Å². The van der Waals surface area contributed by atoms with Crippen LogP contribution in [0.4, 0.5) is 0 Å². The third-order valence-corrected chi connectivity index (χ3v) is 5.27. The lowest BCUT2D eigenvalue weighted by Crippen LogP contribution is -2.19. The third-order valence-electron chi connectivity index (χ3n) is 5.27. The first-order valence-electron chi connectivity index (χ1n) is 10.8. The molecule has 0 fully saturated rings. The van der Waals surface area contributed by atoms with E-state index in [4.69, 9.17) is 0 Å². The molecule has 0 saturated carbocycles. The monoisotopic (exact) mass is 388 g/mol. The molecule has 1 rings (SSSR count). The van der Waals surface area contributed by atoms with Crippen molar-refractivity contribution in [2.75, 3.05) is 0 Å². The second-order valence-corrected chi connectivity index (χ2v) is 8.63. The number of hydrogen-bond acceptors (Lipinski definition) is 0. The van der Waals surface area contributed by atoms with Crippen molar-refractivity contribution in [2.45, 2.75) is 67.7 Å². The quantitative estimate of drug-likeness (QED) is 0.363. The van der Waals surface area contributed by atoms with Crippen LogP contribution in [-0.2, 0) is 0 Å². The Morgan fingerprint density at radius 3 is 1.90 bits per heavy atom. The smallest absolute Gasteiger partial charge is 0.0104 e. The van der Waals surface area contributed by atoms with Gasteiger partial charge in [0.2, 0.25) is 0 Å². The predicted molar refractivity (Wildman–Crippen MR) is 133 cm³/mol. The lowest BCUT2D eigenvalue weighted by Gasteiger charge is -2.32. The van der Waals surface area contributed by atoms with Crippen LogP contribution in [-0.4, -0.2) is 0 Å². The average molecular weight is 389 g/mol. The van der Waals surface area contributed by atoms with Crippen molar-refractivity contribution >= 4 is 0 Å². The fourth-order valence-corrected chi connectivity index (χ4v) is 3.48. The van der Waals surface area contributed by atoms with Gasteiger partial charge in [-0.25, -0.2) is 0 Å². The van der Waals surface area contributed by atoms with Crippen LogP contribution >= 0.6 is 0 Å². The SMILES string of the molecule is C\C=C/C=C/C(C)=C/C=C/C=C(C)/C=C\C=C(C)\C=C\C1=C(C)CCCC1(C)C. The topological polar surface area (TPSA) is 0 Å². The molecule has 1 aliphatic carbocycles. The highest BCUT2D eigenvalue weighted by Crippen LogP contribution is 2.40. The highest BCUT2D eigenvalue weighted by atomic mass is 14.3. The van der Waals surface area contributed by atoms with Gasteiger partial charge in [-0.1, -0.05) is 115 Å². The molecule has 0 N–H and O–H groups in total. The first-order valence-corrected chi connectivity index (χ1v) is 10.8. The molecule has 0 spiro atoms. The Morgan fingerprint density at radius 1 is 0.759 bits per heavy atom. The summed E-state index contributed by atoms with van der Waals surface area (Å²) in [5.74, 6) is 0. The van der Waals surface area contributed by atoms with Gasteiger partial charge in [0, 0.05) is 0 Å². The maximum Gasteiger partial charge on any atom is -0.0104 e. The van der Waals surface area contributed by atoms with Crippen LogP contribution in [0, 0.1) is 5.41 Å². The highest BCUT2D eigenvalue weighted by Gasteiger charge is 2.26. The largest absolute Gasteiger partial charge is 0.0877 e. The molecule has 0 saturated heterocycles. The summed E-state index contributed by atoms with van der Waals surface area (Å²) in [4.78, 5) is 0. The van der Waals surface area contributed by atoms with Crippen LogP contribution in [0.3, 0.4) is 0 Å². The standard InChI is InChI=1S/C29H40/c1-8-9-10-15-24(2)16-11-12-17-25(3)18-13-19-26(4)21-22-28-27(5)20-14-23-29(28,6)7/h8-13,15-19,21-22H,14,20,23H2,1-7H3/b9-8-,12-11+,15-10+,18-13-,22-21+,24-16+,25-17+,26-19+. The van der Waals surface area contributed by atoms with E-state index in [1.54, 1.807) is 5.57 Å². The van der Waals surface area contributed by atoms with Crippen LogP contribution in [0.5, 0.6) is 0 Å². The van der Waals surface area contributed by atoms with E-state index >= 15 is 0 Å². The van der Waals surface area contributed by atoms with Crippen LogP contribution in [0.15, 0.2) is 107 Å². The van der Waals surface area contributed by atoms with Crippen molar-refractivity contribution in [3.63, 3.8) is 0 Å².